The number of hydrogen-bond acceptors (Lipinski definition) is 4. The van der Waals surface area contributed by atoms with E-state index in [0.717, 1.165) is 18.0 Å². The van der Waals surface area contributed by atoms with E-state index in [1.54, 1.807) is 11.3 Å². The van der Waals surface area contributed by atoms with Crippen LogP contribution in [0.4, 0.5) is 0 Å². The van der Waals surface area contributed by atoms with Crippen LogP contribution in [0.25, 0.3) is 0 Å². The van der Waals surface area contributed by atoms with Crippen LogP contribution in [-0.4, -0.2) is 17.6 Å². The molecule has 1 heterocycles. The fourth-order valence-electron chi connectivity index (χ4n) is 1.23. The molecule has 0 aliphatic rings. The summed E-state index contributed by atoms with van der Waals surface area (Å²) in [7, 11) is 0. The maximum Gasteiger partial charge on any atom is 0.112 e. The summed E-state index contributed by atoms with van der Waals surface area (Å²) in [5.74, 6) is 0. The summed E-state index contributed by atoms with van der Waals surface area (Å²) in [6, 6.07) is 0.181. The van der Waals surface area contributed by atoms with Crippen molar-refractivity contribution in [2.24, 2.45) is 5.73 Å². The normalized spacial score (nSPS) is 15.5. The molecule has 16 heavy (non-hydrogen) atoms. The standard InChI is InChI=1S/C10H19N3S.2ClH/c1-4-10(3,13-7-8(2)11)9-12-5-6-14-9;;/h5-6,8,13H,4,7,11H2,1-3H3;2*1H. The fraction of sp³-hybridized carbons (Fsp3) is 0.700. The molecule has 1 rings (SSSR count). The van der Waals surface area contributed by atoms with Gasteiger partial charge in [-0.25, -0.2) is 4.98 Å². The second kappa shape index (κ2) is 8.25. The number of aromatic nitrogens is 1. The number of nitrogens with one attached hydrogen (secondary N) is 1. The van der Waals surface area contributed by atoms with Gasteiger partial charge in [-0.3, -0.25) is 0 Å². The van der Waals surface area contributed by atoms with Gasteiger partial charge in [0.05, 0.1) is 5.54 Å². The molecule has 2 unspecified atom stereocenters. The van der Waals surface area contributed by atoms with Crippen LogP contribution in [0.3, 0.4) is 0 Å². The van der Waals surface area contributed by atoms with E-state index in [1.165, 1.54) is 0 Å². The number of nitrogens with zero attached hydrogens (tertiary/aromatic N) is 1. The molecule has 0 bridgehead atoms. The first-order valence-corrected chi connectivity index (χ1v) is 5.87. The first-order valence-electron chi connectivity index (χ1n) is 4.99. The smallest absolute Gasteiger partial charge is 0.112 e. The molecule has 96 valence electrons. The lowest BCUT2D eigenvalue weighted by Gasteiger charge is -2.28. The lowest BCUT2D eigenvalue weighted by molar-refractivity contribution is 0.344. The van der Waals surface area contributed by atoms with E-state index in [0.29, 0.717) is 0 Å². The number of halogens is 2. The second-order valence-electron chi connectivity index (χ2n) is 3.88. The lowest BCUT2D eigenvalue weighted by atomic mass is 9.99. The summed E-state index contributed by atoms with van der Waals surface area (Å²) in [4.78, 5) is 4.35. The maximum absolute atomic E-state index is 5.73. The third-order valence-corrected chi connectivity index (χ3v) is 3.46. The molecule has 0 amide bonds. The molecule has 0 aliphatic carbocycles. The summed E-state index contributed by atoms with van der Waals surface area (Å²) < 4.78 is 0. The summed E-state index contributed by atoms with van der Waals surface area (Å²) in [5.41, 5.74) is 5.70. The lowest BCUT2D eigenvalue weighted by Crippen LogP contribution is -2.44. The molecule has 1 aromatic heterocycles. The number of thiazole rings is 1. The first-order chi connectivity index (χ1) is 6.58. The average molecular weight is 286 g/mol. The highest BCUT2D eigenvalue weighted by Gasteiger charge is 2.26. The van der Waals surface area contributed by atoms with Crippen molar-refractivity contribution < 1.29 is 0 Å². The van der Waals surface area contributed by atoms with Crippen LogP contribution in [0.15, 0.2) is 11.6 Å². The van der Waals surface area contributed by atoms with E-state index in [-0.39, 0.29) is 36.4 Å². The van der Waals surface area contributed by atoms with Gasteiger partial charge in [0.15, 0.2) is 0 Å². The SMILES string of the molecule is CCC(C)(NCC(C)N)c1nccs1.Cl.Cl. The van der Waals surface area contributed by atoms with E-state index in [1.807, 2.05) is 18.5 Å². The molecule has 0 saturated carbocycles. The molecule has 2 atom stereocenters. The van der Waals surface area contributed by atoms with Crippen LogP contribution in [0.1, 0.15) is 32.2 Å². The summed E-state index contributed by atoms with van der Waals surface area (Å²) in [6.07, 6.45) is 2.87. The van der Waals surface area contributed by atoms with Gasteiger partial charge < -0.3 is 11.1 Å². The zero-order valence-corrected chi connectivity index (χ0v) is 12.3. The Kier molecular flexibility index (Phi) is 9.54. The van der Waals surface area contributed by atoms with Gasteiger partial charge >= 0.3 is 0 Å². The molecule has 1 aromatic rings. The molecule has 0 radical (unpaired) electrons. The van der Waals surface area contributed by atoms with Crippen molar-refractivity contribution >= 4 is 36.2 Å². The van der Waals surface area contributed by atoms with Gasteiger partial charge in [0.25, 0.3) is 0 Å². The van der Waals surface area contributed by atoms with Crippen molar-refractivity contribution in [3.05, 3.63) is 16.6 Å². The van der Waals surface area contributed by atoms with E-state index in [2.05, 4.69) is 24.1 Å². The van der Waals surface area contributed by atoms with Crippen LogP contribution in [0.2, 0.25) is 0 Å². The topological polar surface area (TPSA) is 50.9 Å². The molecule has 0 fully saturated rings. The van der Waals surface area contributed by atoms with Gasteiger partial charge in [-0.15, -0.1) is 36.2 Å². The Morgan fingerprint density at radius 1 is 1.56 bits per heavy atom. The first kappa shape index (κ1) is 18.5. The van der Waals surface area contributed by atoms with Gasteiger partial charge in [0.2, 0.25) is 0 Å². The Bertz CT molecular complexity index is 267. The summed E-state index contributed by atoms with van der Waals surface area (Å²) in [5, 5.41) is 6.62. The monoisotopic (exact) mass is 285 g/mol. The van der Waals surface area contributed by atoms with Crippen LogP contribution >= 0.6 is 36.2 Å². The molecule has 0 saturated heterocycles. The summed E-state index contributed by atoms with van der Waals surface area (Å²) in [6.45, 7) is 7.17. The highest BCUT2D eigenvalue weighted by atomic mass is 35.5. The van der Waals surface area contributed by atoms with Crippen molar-refractivity contribution in [1.29, 1.82) is 0 Å². The molecule has 0 spiro atoms. The van der Waals surface area contributed by atoms with E-state index in [9.17, 15) is 0 Å². The Balaban J connectivity index is 0. The van der Waals surface area contributed by atoms with Crippen molar-refractivity contribution in [3.8, 4) is 0 Å². The Hall–Kier alpha value is 0.130. The van der Waals surface area contributed by atoms with Gasteiger partial charge in [-0.2, -0.15) is 0 Å². The largest absolute Gasteiger partial charge is 0.327 e. The quantitative estimate of drug-likeness (QED) is 0.874. The van der Waals surface area contributed by atoms with Crippen molar-refractivity contribution in [1.82, 2.24) is 10.3 Å². The minimum atomic E-state index is -0.0260. The highest BCUT2D eigenvalue weighted by molar-refractivity contribution is 7.09. The number of rotatable bonds is 5. The van der Waals surface area contributed by atoms with Crippen LogP contribution in [0.5, 0.6) is 0 Å². The van der Waals surface area contributed by atoms with Gasteiger partial charge in [-0.1, -0.05) is 6.92 Å². The second-order valence-corrected chi connectivity index (χ2v) is 4.78. The molecule has 6 heteroatoms. The minimum absolute atomic E-state index is 0. The molecule has 3 N–H and O–H groups in total. The predicted molar refractivity (Wildman–Crippen MR) is 75.9 cm³/mol. The minimum Gasteiger partial charge on any atom is -0.327 e. The van der Waals surface area contributed by atoms with E-state index >= 15 is 0 Å². The Morgan fingerprint density at radius 2 is 2.19 bits per heavy atom. The summed E-state index contributed by atoms with van der Waals surface area (Å²) >= 11 is 1.69. The van der Waals surface area contributed by atoms with Crippen LogP contribution < -0.4 is 11.1 Å². The molecular formula is C10H21Cl2N3S. The Labute approximate surface area is 114 Å². The zero-order chi connectivity index (χ0) is 10.6. The number of hydrogen-bond donors (Lipinski definition) is 2. The van der Waals surface area contributed by atoms with Crippen molar-refractivity contribution in [2.45, 2.75) is 38.8 Å². The van der Waals surface area contributed by atoms with Gasteiger partial charge in [0.1, 0.15) is 5.01 Å². The Morgan fingerprint density at radius 3 is 2.56 bits per heavy atom. The van der Waals surface area contributed by atoms with E-state index in [4.69, 9.17) is 5.73 Å². The molecular weight excluding hydrogens is 265 g/mol. The van der Waals surface area contributed by atoms with Crippen molar-refractivity contribution in [3.63, 3.8) is 0 Å². The predicted octanol–water partition coefficient (Wildman–Crippen LogP) is 2.55. The molecule has 3 nitrogen and oxygen atoms in total. The van der Waals surface area contributed by atoms with Crippen LogP contribution in [0, 0.1) is 0 Å². The van der Waals surface area contributed by atoms with Gasteiger partial charge in [-0.05, 0) is 20.3 Å². The average Bonchev–Trinajstić information content (AvgIpc) is 2.67. The highest BCUT2D eigenvalue weighted by Crippen LogP contribution is 2.25. The number of nitrogens with two attached hydrogens (primary N) is 1. The third-order valence-electron chi connectivity index (χ3n) is 2.43. The van der Waals surface area contributed by atoms with Crippen LogP contribution in [-0.2, 0) is 5.54 Å². The third kappa shape index (κ3) is 4.97. The van der Waals surface area contributed by atoms with E-state index < -0.39 is 0 Å². The fourth-order valence-corrected chi connectivity index (χ4v) is 2.08. The molecule has 0 aliphatic heterocycles. The van der Waals surface area contributed by atoms with Crippen molar-refractivity contribution in [2.75, 3.05) is 6.54 Å². The van der Waals surface area contributed by atoms with Gasteiger partial charge in [0, 0.05) is 24.2 Å². The molecule has 0 aromatic carbocycles. The zero-order valence-electron chi connectivity index (χ0n) is 9.90. The maximum atomic E-state index is 5.73.